The van der Waals surface area contributed by atoms with Crippen LogP contribution in [0, 0.1) is 16.0 Å². The number of benzene rings is 1. The molecule has 2 aliphatic heterocycles. The molecule has 0 saturated carbocycles. The lowest BCUT2D eigenvalue weighted by Crippen LogP contribution is -2.30. The molecule has 0 spiro atoms. The van der Waals surface area contributed by atoms with Crippen molar-refractivity contribution in [2.75, 3.05) is 32.9 Å². The molecule has 0 bridgehead atoms. The number of nitro benzene ring substituents is 1. The molecule has 1 N–H and O–H groups in total. The predicted octanol–water partition coefficient (Wildman–Crippen LogP) is 1.74. The molecule has 2 heterocycles. The summed E-state index contributed by atoms with van der Waals surface area (Å²) in [6, 6.07) is 2.94. The summed E-state index contributed by atoms with van der Waals surface area (Å²) in [6.45, 7) is 3.27. The van der Waals surface area contributed by atoms with Crippen LogP contribution in [0.3, 0.4) is 0 Å². The first-order valence-corrected chi connectivity index (χ1v) is 7.15. The summed E-state index contributed by atoms with van der Waals surface area (Å²) in [5, 5.41) is 14.5. The maximum atomic E-state index is 11.2. The van der Waals surface area contributed by atoms with Gasteiger partial charge in [0.25, 0.3) is 0 Å². The highest BCUT2D eigenvalue weighted by molar-refractivity contribution is 5.58. The van der Waals surface area contributed by atoms with Gasteiger partial charge in [0.15, 0.2) is 11.5 Å². The van der Waals surface area contributed by atoms with Crippen molar-refractivity contribution in [2.24, 2.45) is 5.92 Å². The molecule has 7 heteroatoms. The molecule has 0 amide bonds. The van der Waals surface area contributed by atoms with Crippen molar-refractivity contribution in [3.8, 4) is 17.2 Å². The number of hydrogen-bond donors (Lipinski definition) is 1. The molecule has 0 unspecified atom stereocenters. The van der Waals surface area contributed by atoms with Gasteiger partial charge in [0.05, 0.1) is 17.6 Å². The maximum absolute atomic E-state index is 11.2. The van der Waals surface area contributed by atoms with Gasteiger partial charge >= 0.3 is 5.69 Å². The predicted molar refractivity (Wildman–Crippen MR) is 75.2 cm³/mol. The zero-order valence-corrected chi connectivity index (χ0v) is 11.7. The molecular formula is C14H18N2O5. The number of nitrogens with zero attached hydrogens (tertiary/aromatic N) is 1. The Morgan fingerprint density at radius 1 is 1.24 bits per heavy atom. The third-order valence-corrected chi connectivity index (χ3v) is 3.75. The van der Waals surface area contributed by atoms with E-state index in [1.54, 1.807) is 6.07 Å². The largest absolute Gasteiger partial charge is 0.486 e. The van der Waals surface area contributed by atoms with Gasteiger partial charge in [0.2, 0.25) is 5.75 Å². The molecule has 1 saturated heterocycles. The third-order valence-electron chi connectivity index (χ3n) is 3.75. The molecule has 114 valence electrons. The lowest BCUT2D eigenvalue weighted by atomic mass is 9.99. The number of fused-ring (bicyclic) bond motifs is 1. The highest BCUT2D eigenvalue weighted by Gasteiger charge is 2.24. The fourth-order valence-corrected chi connectivity index (χ4v) is 2.57. The first-order chi connectivity index (χ1) is 10.2. The van der Waals surface area contributed by atoms with Crippen molar-refractivity contribution in [3.63, 3.8) is 0 Å². The smallest absolute Gasteiger partial charge is 0.314 e. The first kappa shape index (κ1) is 13.9. The molecule has 21 heavy (non-hydrogen) atoms. The average Bonchev–Trinajstić information content (AvgIpc) is 2.53. The van der Waals surface area contributed by atoms with E-state index in [1.807, 2.05) is 0 Å². The van der Waals surface area contributed by atoms with Crippen molar-refractivity contribution in [3.05, 3.63) is 22.2 Å². The van der Waals surface area contributed by atoms with Gasteiger partial charge in [-0.3, -0.25) is 10.1 Å². The highest BCUT2D eigenvalue weighted by atomic mass is 16.6. The molecule has 0 aromatic heterocycles. The standard InChI is InChI=1S/C14H18N2O5/c17-16(18)11-7-13-14(20-6-5-19-13)8-12(11)21-9-10-1-3-15-4-2-10/h7-8,10,15H,1-6,9H2. The van der Waals surface area contributed by atoms with Crippen molar-refractivity contribution in [2.45, 2.75) is 12.8 Å². The average molecular weight is 294 g/mol. The van der Waals surface area contributed by atoms with Gasteiger partial charge in [-0.2, -0.15) is 0 Å². The van der Waals surface area contributed by atoms with Crippen LogP contribution in [0.4, 0.5) is 5.69 Å². The summed E-state index contributed by atoms with van der Waals surface area (Å²) >= 11 is 0. The van der Waals surface area contributed by atoms with Gasteiger partial charge in [0, 0.05) is 6.07 Å². The minimum atomic E-state index is -0.448. The lowest BCUT2D eigenvalue weighted by molar-refractivity contribution is -0.386. The summed E-state index contributed by atoms with van der Waals surface area (Å²) in [7, 11) is 0. The van der Waals surface area contributed by atoms with E-state index in [-0.39, 0.29) is 11.4 Å². The number of piperidine rings is 1. The fraction of sp³-hybridized carbons (Fsp3) is 0.571. The quantitative estimate of drug-likeness (QED) is 0.673. The van der Waals surface area contributed by atoms with E-state index >= 15 is 0 Å². The molecule has 1 aromatic carbocycles. The fourth-order valence-electron chi connectivity index (χ4n) is 2.57. The van der Waals surface area contributed by atoms with Gasteiger partial charge in [-0.15, -0.1) is 0 Å². The van der Waals surface area contributed by atoms with E-state index in [9.17, 15) is 10.1 Å². The molecule has 7 nitrogen and oxygen atoms in total. The normalized spacial score (nSPS) is 18.3. The lowest BCUT2D eigenvalue weighted by Gasteiger charge is -2.23. The van der Waals surface area contributed by atoms with E-state index in [1.165, 1.54) is 6.07 Å². The summed E-state index contributed by atoms with van der Waals surface area (Å²) in [6.07, 6.45) is 2.05. The number of ether oxygens (including phenoxy) is 3. The minimum Gasteiger partial charge on any atom is -0.486 e. The zero-order valence-electron chi connectivity index (χ0n) is 11.7. The molecule has 0 radical (unpaired) electrons. The second-order valence-corrected chi connectivity index (χ2v) is 5.23. The number of rotatable bonds is 4. The van der Waals surface area contributed by atoms with Crippen LogP contribution < -0.4 is 19.5 Å². The molecule has 1 fully saturated rings. The SMILES string of the molecule is O=[N+]([O-])c1cc2c(cc1OCC1CCNCC1)OCCO2. The second-order valence-electron chi connectivity index (χ2n) is 5.23. The Morgan fingerprint density at radius 2 is 1.90 bits per heavy atom. The number of hydrogen-bond acceptors (Lipinski definition) is 6. The van der Waals surface area contributed by atoms with Gasteiger partial charge < -0.3 is 19.5 Å². The third kappa shape index (κ3) is 3.18. The van der Waals surface area contributed by atoms with Crippen LogP contribution in [0.15, 0.2) is 12.1 Å². The summed E-state index contributed by atoms with van der Waals surface area (Å²) < 4.78 is 16.5. The zero-order chi connectivity index (χ0) is 14.7. The Bertz CT molecular complexity index is 528. The molecule has 1 aromatic rings. The van der Waals surface area contributed by atoms with Gasteiger partial charge in [-0.25, -0.2) is 0 Å². The summed E-state index contributed by atoms with van der Waals surface area (Å²) in [5.41, 5.74) is -0.0758. The van der Waals surface area contributed by atoms with E-state index in [0.29, 0.717) is 37.2 Å². The number of nitro groups is 1. The van der Waals surface area contributed by atoms with Crippen LogP contribution >= 0.6 is 0 Å². The van der Waals surface area contributed by atoms with E-state index in [4.69, 9.17) is 14.2 Å². The van der Waals surface area contributed by atoms with Crippen molar-refractivity contribution in [1.29, 1.82) is 0 Å². The Labute approximate surface area is 122 Å². The van der Waals surface area contributed by atoms with Gasteiger partial charge in [-0.05, 0) is 31.8 Å². The summed E-state index contributed by atoms with van der Waals surface area (Å²) in [4.78, 5) is 10.7. The molecule has 0 aliphatic carbocycles. The van der Waals surface area contributed by atoms with Gasteiger partial charge in [-0.1, -0.05) is 0 Å². The minimum absolute atomic E-state index is 0.0758. The Hall–Kier alpha value is -2.02. The van der Waals surface area contributed by atoms with Crippen LogP contribution in [-0.4, -0.2) is 37.8 Å². The van der Waals surface area contributed by atoms with Crippen LogP contribution in [0.2, 0.25) is 0 Å². The topological polar surface area (TPSA) is 82.9 Å². The van der Waals surface area contributed by atoms with Crippen LogP contribution in [0.5, 0.6) is 17.2 Å². The Morgan fingerprint density at radius 3 is 2.57 bits per heavy atom. The first-order valence-electron chi connectivity index (χ1n) is 7.15. The molecule has 0 atom stereocenters. The molecule has 3 rings (SSSR count). The monoisotopic (exact) mass is 294 g/mol. The Kier molecular flexibility index (Phi) is 4.10. The van der Waals surface area contributed by atoms with E-state index < -0.39 is 4.92 Å². The van der Waals surface area contributed by atoms with Crippen LogP contribution in [0.1, 0.15) is 12.8 Å². The molecule has 2 aliphatic rings. The van der Waals surface area contributed by atoms with E-state index in [0.717, 1.165) is 25.9 Å². The van der Waals surface area contributed by atoms with Crippen LogP contribution in [0.25, 0.3) is 0 Å². The van der Waals surface area contributed by atoms with Crippen molar-refractivity contribution in [1.82, 2.24) is 5.32 Å². The Balaban J connectivity index is 1.77. The highest BCUT2D eigenvalue weighted by Crippen LogP contribution is 2.40. The maximum Gasteiger partial charge on any atom is 0.314 e. The van der Waals surface area contributed by atoms with Gasteiger partial charge in [0.1, 0.15) is 13.2 Å². The van der Waals surface area contributed by atoms with E-state index in [2.05, 4.69) is 5.32 Å². The van der Waals surface area contributed by atoms with Crippen molar-refractivity contribution >= 4 is 5.69 Å². The van der Waals surface area contributed by atoms with Crippen molar-refractivity contribution < 1.29 is 19.1 Å². The second kappa shape index (κ2) is 6.17. The molecular weight excluding hydrogens is 276 g/mol. The van der Waals surface area contributed by atoms with Crippen LogP contribution in [-0.2, 0) is 0 Å². The summed E-state index contributed by atoms with van der Waals surface area (Å²) in [5.74, 6) is 1.59. The number of nitrogens with one attached hydrogen (secondary N) is 1.